The number of ether oxygens (including phenoxy) is 2. The van der Waals surface area contributed by atoms with Crippen LogP contribution in [0.3, 0.4) is 0 Å². The number of rotatable bonds is 3. The summed E-state index contributed by atoms with van der Waals surface area (Å²) in [4.78, 5) is 22.9. The smallest absolute Gasteiger partial charge is 0.338 e. The summed E-state index contributed by atoms with van der Waals surface area (Å²) >= 11 is 0. The molecule has 108 valence electrons. The molecule has 0 aliphatic heterocycles. The number of hydrogen-bond donors (Lipinski definition) is 1. The monoisotopic (exact) mass is 285 g/mol. The zero-order valence-corrected chi connectivity index (χ0v) is 11.8. The van der Waals surface area contributed by atoms with E-state index in [-0.39, 0.29) is 17.0 Å². The number of anilines is 1. The second-order valence-electron chi connectivity index (χ2n) is 4.60. The Bertz CT molecular complexity index is 749. The average molecular weight is 285 g/mol. The van der Waals surface area contributed by atoms with E-state index in [1.807, 2.05) is 0 Å². The highest BCUT2D eigenvalue weighted by molar-refractivity contribution is 6.01. The lowest BCUT2D eigenvalue weighted by Crippen LogP contribution is -2.10. The quantitative estimate of drug-likeness (QED) is 0.406. The fourth-order valence-electron chi connectivity index (χ4n) is 1.87. The van der Waals surface area contributed by atoms with Gasteiger partial charge >= 0.3 is 11.9 Å². The van der Waals surface area contributed by atoms with E-state index in [1.54, 1.807) is 31.2 Å². The largest absolute Gasteiger partial charge is 0.426 e. The molecule has 0 heterocycles. The van der Waals surface area contributed by atoms with Crippen molar-refractivity contribution in [3.8, 4) is 11.5 Å². The molecule has 0 saturated heterocycles. The maximum absolute atomic E-state index is 11.7. The number of benzene rings is 2. The Morgan fingerprint density at radius 1 is 1.10 bits per heavy atom. The van der Waals surface area contributed by atoms with E-state index in [0.717, 1.165) is 0 Å². The fourth-order valence-corrected chi connectivity index (χ4v) is 1.87. The van der Waals surface area contributed by atoms with Crippen molar-refractivity contribution in [3.63, 3.8) is 0 Å². The number of nitrogen functional groups attached to an aromatic ring is 1. The second-order valence-corrected chi connectivity index (χ2v) is 4.60. The Labute approximate surface area is 122 Å². The molecule has 5 nitrogen and oxygen atoms in total. The topological polar surface area (TPSA) is 78.6 Å². The van der Waals surface area contributed by atoms with Crippen LogP contribution in [0.25, 0.3) is 10.8 Å². The van der Waals surface area contributed by atoms with Gasteiger partial charge in [0.05, 0.1) is 5.69 Å². The molecule has 0 saturated carbocycles. The molecule has 2 rings (SSSR count). The van der Waals surface area contributed by atoms with Gasteiger partial charge in [0, 0.05) is 29.3 Å². The summed E-state index contributed by atoms with van der Waals surface area (Å²) in [7, 11) is 0. The Hall–Kier alpha value is -2.82. The first-order valence-corrected chi connectivity index (χ1v) is 6.27. The summed E-state index contributed by atoms with van der Waals surface area (Å²) < 4.78 is 10.4. The highest BCUT2D eigenvalue weighted by Crippen LogP contribution is 2.38. The molecule has 2 aromatic rings. The molecule has 0 unspecified atom stereocenters. The van der Waals surface area contributed by atoms with Crippen molar-refractivity contribution in [1.29, 1.82) is 0 Å². The molecule has 2 N–H and O–H groups in total. The van der Waals surface area contributed by atoms with Gasteiger partial charge in [0.2, 0.25) is 0 Å². The van der Waals surface area contributed by atoms with E-state index < -0.39 is 11.9 Å². The molecule has 5 heteroatoms. The van der Waals surface area contributed by atoms with Gasteiger partial charge in [-0.25, -0.2) is 4.79 Å². The van der Waals surface area contributed by atoms with Gasteiger partial charge in [0.15, 0.2) is 5.75 Å². The molecule has 0 radical (unpaired) electrons. The Kier molecular flexibility index (Phi) is 3.93. The third kappa shape index (κ3) is 3.02. The van der Waals surface area contributed by atoms with E-state index in [0.29, 0.717) is 16.5 Å². The van der Waals surface area contributed by atoms with Gasteiger partial charge in [0.25, 0.3) is 0 Å². The van der Waals surface area contributed by atoms with Crippen LogP contribution in [0.2, 0.25) is 0 Å². The van der Waals surface area contributed by atoms with Crippen LogP contribution in [-0.2, 0) is 9.59 Å². The standard InChI is InChI=1S/C16H15NO4/c1-9(2)16(19)21-15-12-7-5-4-6-11(12)14(8-13(15)17)20-10(3)18/h4-8H,1,17H2,2-3H3. The van der Waals surface area contributed by atoms with E-state index in [2.05, 4.69) is 6.58 Å². The van der Waals surface area contributed by atoms with E-state index in [1.165, 1.54) is 13.0 Å². The first-order chi connectivity index (χ1) is 9.90. The summed E-state index contributed by atoms with van der Waals surface area (Å²) in [6.07, 6.45) is 0. The first kappa shape index (κ1) is 14.6. The molecular formula is C16H15NO4. The van der Waals surface area contributed by atoms with Crippen molar-refractivity contribution in [2.45, 2.75) is 13.8 Å². The van der Waals surface area contributed by atoms with Crippen LogP contribution in [-0.4, -0.2) is 11.9 Å². The minimum absolute atomic E-state index is 0.208. The third-order valence-corrected chi connectivity index (χ3v) is 2.78. The second kappa shape index (κ2) is 5.66. The van der Waals surface area contributed by atoms with Gasteiger partial charge in [-0.15, -0.1) is 0 Å². The van der Waals surface area contributed by atoms with Crippen LogP contribution in [0.1, 0.15) is 13.8 Å². The van der Waals surface area contributed by atoms with Gasteiger partial charge in [-0.2, -0.15) is 0 Å². The maximum atomic E-state index is 11.7. The first-order valence-electron chi connectivity index (χ1n) is 6.27. The normalized spacial score (nSPS) is 10.2. The van der Waals surface area contributed by atoms with Crippen molar-refractivity contribution >= 4 is 28.4 Å². The van der Waals surface area contributed by atoms with Crippen LogP contribution >= 0.6 is 0 Å². The predicted octanol–water partition coefficient (Wildman–Crippen LogP) is 2.83. The number of carbonyl (C=O) groups excluding carboxylic acids is 2. The fraction of sp³-hybridized carbons (Fsp3) is 0.125. The Morgan fingerprint density at radius 2 is 1.71 bits per heavy atom. The van der Waals surface area contributed by atoms with E-state index in [9.17, 15) is 9.59 Å². The summed E-state index contributed by atoms with van der Waals surface area (Å²) in [5, 5.41) is 1.22. The molecule has 0 bridgehead atoms. The van der Waals surface area contributed by atoms with Gasteiger partial charge in [-0.3, -0.25) is 4.79 Å². The van der Waals surface area contributed by atoms with Crippen molar-refractivity contribution in [1.82, 2.24) is 0 Å². The summed E-state index contributed by atoms with van der Waals surface area (Å²) in [5.41, 5.74) is 6.39. The van der Waals surface area contributed by atoms with Crippen LogP contribution in [0.15, 0.2) is 42.5 Å². The van der Waals surface area contributed by atoms with Crippen LogP contribution in [0.5, 0.6) is 11.5 Å². The summed E-state index contributed by atoms with van der Waals surface area (Å²) in [6, 6.07) is 8.52. The molecule has 0 fully saturated rings. The van der Waals surface area contributed by atoms with Crippen LogP contribution in [0.4, 0.5) is 5.69 Å². The number of hydrogen-bond acceptors (Lipinski definition) is 5. The molecule has 0 spiro atoms. The van der Waals surface area contributed by atoms with Gasteiger partial charge in [0.1, 0.15) is 5.75 Å². The average Bonchev–Trinajstić information content (AvgIpc) is 2.42. The lowest BCUT2D eigenvalue weighted by Gasteiger charge is -2.13. The van der Waals surface area contributed by atoms with Crippen molar-refractivity contribution in [2.75, 3.05) is 5.73 Å². The number of esters is 2. The molecule has 2 aromatic carbocycles. The van der Waals surface area contributed by atoms with Crippen molar-refractivity contribution in [2.24, 2.45) is 0 Å². The lowest BCUT2D eigenvalue weighted by molar-refractivity contribution is -0.132. The Balaban J connectivity index is 2.62. The van der Waals surface area contributed by atoms with Crippen LogP contribution in [0, 0.1) is 0 Å². The van der Waals surface area contributed by atoms with Gasteiger partial charge in [-0.1, -0.05) is 30.8 Å². The zero-order chi connectivity index (χ0) is 15.6. The number of fused-ring (bicyclic) bond motifs is 1. The molecule has 0 atom stereocenters. The zero-order valence-electron chi connectivity index (χ0n) is 11.8. The minimum atomic E-state index is -0.563. The third-order valence-electron chi connectivity index (χ3n) is 2.78. The molecule has 0 aliphatic rings. The summed E-state index contributed by atoms with van der Waals surface area (Å²) in [6.45, 7) is 6.39. The highest BCUT2D eigenvalue weighted by Gasteiger charge is 2.16. The Morgan fingerprint density at radius 3 is 2.29 bits per heavy atom. The van der Waals surface area contributed by atoms with E-state index >= 15 is 0 Å². The number of carbonyl (C=O) groups is 2. The molecule has 21 heavy (non-hydrogen) atoms. The highest BCUT2D eigenvalue weighted by atomic mass is 16.5. The minimum Gasteiger partial charge on any atom is -0.426 e. The predicted molar refractivity (Wildman–Crippen MR) is 80.1 cm³/mol. The van der Waals surface area contributed by atoms with Gasteiger partial charge in [-0.05, 0) is 6.92 Å². The van der Waals surface area contributed by atoms with E-state index in [4.69, 9.17) is 15.2 Å². The summed E-state index contributed by atoms with van der Waals surface area (Å²) in [5.74, 6) is -0.460. The maximum Gasteiger partial charge on any atom is 0.338 e. The van der Waals surface area contributed by atoms with Crippen molar-refractivity contribution < 1.29 is 19.1 Å². The number of nitrogens with two attached hydrogens (primary N) is 1. The molecule has 0 amide bonds. The van der Waals surface area contributed by atoms with Crippen LogP contribution < -0.4 is 15.2 Å². The molecular weight excluding hydrogens is 270 g/mol. The van der Waals surface area contributed by atoms with Gasteiger partial charge < -0.3 is 15.2 Å². The SMILES string of the molecule is C=C(C)C(=O)Oc1c(N)cc(OC(C)=O)c2ccccc12. The lowest BCUT2D eigenvalue weighted by atomic mass is 10.1. The van der Waals surface area contributed by atoms with Crippen molar-refractivity contribution in [3.05, 3.63) is 42.5 Å². The molecule has 0 aromatic heterocycles. The molecule has 0 aliphatic carbocycles.